The second kappa shape index (κ2) is 9.46. The van der Waals surface area contributed by atoms with Gasteiger partial charge >= 0.3 is 5.97 Å². The number of aromatic amines is 1. The fourth-order valence-electron chi connectivity index (χ4n) is 4.41. The zero-order valence-electron chi connectivity index (χ0n) is 19.2. The Morgan fingerprint density at radius 2 is 1.85 bits per heavy atom. The third-order valence-electron chi connectivity index (χ3n) is 6.30. The highest BCUT2D eigenvalue weighted by Crippen LogP contribution is 2.28. The Morgan fingerprint density at radius 1 is 1.09 bits per heavy atom. The maximum absolute atomic E-state index is 12.3. The number of nitrogens with zero attached hydrogens (tertiary/aromatic N) is 1. The Kier molecular flexibility index (Phi) is 6.47. The van der Waals surface area contributed by atoms with Crippen LogP contribution in [0.2, 0.25) is 0 Å². The first kappa shape index (κ1) is 22.6. The number of carbonyl (C=O) groups is 1. The van der Waals surface area contributed by atoms with E-state index in [4.69, 9.17) is 0 Å². The molecule has 2 aromatic carbocycles. The number of aryl methyl sites for hydroxylation is 2. The van der Waals surface area contributed by atoms with Crippen molar-refractivity contribution in [2.75, 3.05) is 0 Å². The zero-order chi connectivity index (χ0) is 23.5. The molecular formula is C27H29N3O3. The number of rotatable bonds is 8. The molecule has 2 aromatic heterocycles. The summed E-state index contributed by atoms with van der Waals surface area (Å²) in [6.07, 6.45) is 1.61. The SMILES string of the molecule is CCc1cc(C(=O)O)c(=O)[nH]c1-c1ccc2c(c1)cc(CNC(CC)c1ccccc1)n2C. The van der Waals surface area contributed by atoms with Crippen LogP contribution < -0.4 is 10.9 Å². The minimum absolute atomic E-state index is 0.228. The van der Waals surface area contributed by atoms with Gasteiger partial charge in [0.05, 0.1) is 5.69 Å². The van der Waals surface area contributed by atoms with Gasteiger partial charge in [-0.2, -0.15) is 0 Å². The number of aromatic carboxylic acids is 1. The molecule has 0 bridgehead atoms. The highest BCUT2D eigenvalue weighted by atomic mass is 16.4. The number of fused-ring (bicyclic) bond motifs is 1. The van der Waals surface area contributed by atoms with Crippen LogP contribution in [0.5, 0.6) is 0 Å². The maximum Gasteiger partial charge on any atom is 0.341 e. The van der Waals surface area contributed by atoms with Gasteiger partial charge in [0, 0.05) is 36.2 Å². The standard InChI is InChI=1S/C27H29N3O3/c1-4-17-15-22(27(32)33)26(31)29-25(17)19-11-12-24-20(13-19)14-21(30(24)3)16-28-23(5-2)18-9-7-6-8-10-18/h6-15,23,28H,4-5,16H2,1-3H3,(H,29,31)(H,32,33). The molecule has 0 radical (unpaired) electrons. The highest BCUT2D eigenvalue weighted by molar-refractivity contribution is 5.89. The van der Waals surface area contributed by atoms with E-state index in [2.05, 4.69) is 65.2 Å². The zero-order valence-corrected chi connectivity index (χ0v) is 19.2. The van der Waals surface area contributed by atoms with Gasteiger partial charge in [-0.1, -0.05) is 50.2 Å². The van der Waals surface area contributed by atoms with Crippen molar-refractivity contribution in [1.29, 1.82) is 0 Å². The van der Waals surface area contributed by atoms with Gasteiger partial charge in [0.15, 0.2) is 0 Å². The van der Waals surface area contributed by atoms with Gasteiger partial charge in [-0.25, -0.2) is 4.79 Å². The predicted octanol–water partition coefficient (Wildman–Crippen LogP) is 5.04. The van der Waals surface area contributed by atoms with E-state index in [1.807, 2.05) is 25.1 Å². The lowest BCUT2D eigenvalue weighted by Crippen LogP contribution is -2.21. The summed E-state index contributed by atoms with van der Waals surface area (Å²) < 4.78 is 2.18. The molecular weight excluding hydrogens is 414 g/mol. The predicted molar refractivity (Wildman–Crippen MR) is 132 cm³/mol. The molecule has 0 fully saturated rings. The molecule has 1 atom stereocenters. The molecule has 4 rings (SSSR count). The van der Waals surface area contributed by atoms with Crippen LogP contribution in [0.15, 0.2) is 65.5 Å². The summed E-state index contributed by atoms with van der Waals surface area (Å²) in [5.41, 5.74) is 5.09. The quantitative estimate of drug-likeness (QED) is 0.356. The summed E-state index contributed by atoms with van der Waals surface area (Å²) in [7, 11) is 2.06. The van der Waals surface area contributed by atoms with Crippen molar-refractivity contribution in [2.24, 2.45) is 7.05 Å². The molecule has 170 valence electrons. The fraction of sp³-hybridized carbons (Fsp3) is 0.259. The van der Waals surface area contributed by atoms with Crippen LogP contribution in [-0.4, -0.2) is 20.6 Å². The number of aromatic nitrogens is 2. The molecule has 0 saturated heterocycles. The van der Waals surface area contributed by atoms with E-state index < -0.39 is 11.5 Å². The van der Waals surface area contributed by atoms with Gasteiger partial charge in [0.1, 0.15) is 5.56 Å². The van der Waals surface area contributed by atoms with Crippen molar-refractivity contribution in [2.45, 2.75) is 39.3 Å². The Labute approximate surface area is 192 Å². The Hall–Kier alpha value is -3.64. The summed E-state index contributed by atoms with van der Waals surface area (Å²) in [5, 5.41) is 14.0. The number of carboxylic acid groups (broad SMARTS) is 1. The van der Waals surface area contributed by atoms with E-state index in [0.717, 1.165) is 35.0 Å². The molecule has 1 unspecified atom stereocenters. The highest BCUT2D eigenvalue weighted by Gasteiger charge is 2.16. The van der Waals surface area contributed by atoms with E-state index in [-0.39, 0.29) is 11.6 Å². The van der Waals surface area contributed by atoms with Crippen molar-refractivity contribution in [3.63, 3.8) is 0 Å². The summed E-state index contributed by atoms with van der Waals surface area (Å²) >= 11 is 0. The average molecular weight is 444 g/mol. The third-order valence-corrected chi connectivity index (χ3v) is 6.30. The number of benzene rings is 2. The normalized spacial score (nSPS) is 12.2. The van der Waals surface area contributed by atoms with Crippen molar-refractivity contribution in [3.05, 3.63) is 93.4 Å². The smallest absolute Gasteiger partial charge is 0.341 e. The molecule has 0 saturated carbocycles. The number of carboxylic acids is 1. The topological polar surface area (TPSA) is 87.1 Å². The lowest BCUT2D eigenvalue weighted by atomic mass is 10.0. The molecule has 33 heavy (non-hydrogen) atoms. The summed E-state index contributed by atoms with van der Waals surface area (Å²) in [5.74, 6) is -1.21. The van der Waals surface area contributed by atoms with Crippen molar-refractivity contribution < 1.29 is 9.90 Å². The number of pyridine rings is 1. The summed E-state index contributed by atoms with van der Waals surface area (Å²) in [6, 6.07) is 20.5. The molecule has 0 amide bonds. The lowest BCUT2D eigenvalue weighted by Gasteiger charge is -2.17. The third kappa shape index (κ3) is 4.47. The molecule has 0 aliphatic rings. The van der Waals surface area contributed by atoms with Crippen molar-refractivity contribution in [3.8, 4) is 11.3 Å². The van der Waals surface area contributed by atoms with Crippen LogP contribution in [-0.2, 0) is 20.0 Å². The molecule has 0 aliphatic carbocycles. The van der Waals surface area contributed by atoms with Gasteiger partial charge in [0.2, 0.25) is 0 Å². The molecule has 6 nitrogen and oxygen atoms in total. The van der Waals surface area contributed by atoms with Crippen LogP contribution >= 0.6 is 0 Å². The Bertz CT molecular complexity index is 1350. The minimum Gasteiger partial charge on any atom is -0.477 e. The van der Waals surface area contributed by atoms with Crippen molar-refractivity contribution in [1.82, 2.24) is 14.9 Å². The van der Waals surface area contributed by atoms with Gasteiger partial charge in [0.25, 0.3) is 5.56 Å². The number of hydrogen-bond donors (Lipinski definition) is 3. The van der Waals surface area contributed by atoms with Gasteiger partial charge in [-0.05, 0) is 53.8 Å². The van der Waals surface area contributed by atoms with Gasteiger partial charge in [-0.15, -0.1) is 0 Å². The van der Waals surface area contributed by atoms with E-state index >= 15 is 0 Å². The first-order valence-electron chi connectivity index (χ1n) is 11.3. The van der Waals surface area contributed by atoms with Crippen LogP contribution in [0.1, 0.15) is 53.5 Å². The Balaban J connectivity index is 1.65. The molecule has 3 N–H and O–H groups in total. The molecule has 4 aromatic rings. The number of H-pyrrole nitrogens is 1. The van der Waals surface area contributed by atoms with E-state index in [9.17, 15) is 14.7 Å². The largest absolute Gasteiger partial charge is 0.477 e. The maximum atomic E-state index is 12.3. The van der Waals surface area contributed by atoms with Crippen LogP contribution in [0.25, 0.3) is 22.2 Å². The van der Waals surface area contributed by atoms with E-state index in [1.165, 1.54) is 17.3 Å². The summed E-state index contributed by atoms with van der Waals surface area (Å²) in [4.78, 5) is 26.4. The Morgan fingerprint density at radius 3 is 2.52 bits per heavy atom. The van der Waals surface area contributed by atoms with Crippen molar-refractivity contribution >= 4 is 16.9 Å². The van der Waals surface area contributed by atoms with E-state index in [0.29, 0.717) is 12.1 Å². The van der Waals surface area contributed by atoms with Crippen LogP contribution in [0, 0.1) is 0 Å². The minimum atomic E-state index is -1.21. The number of nitrogens with one attached hydrogen (secondary N) is 2. The molecule has 0 aliphatic heterocycles. The summed E-state index contributed by atoms with van der Waals surface area (Å²) in [6.45, 7) is 4.86. The molecule has 2 heterocycles. The monoisotopic (exact) mass is 443 g/mol. The van der Waals surface area contributed by atoms with Crippen LogP contribution in [0.4, 0.5) is 0 Å². The fourth-order valence-corrected chi connectivity index (χ4v) is 4.41. The lowest BCUT2D eigenvalue weighted by molar-refractivity contribution is 0.0695. The van der Waals surface area contributed by atoms with Crippen LogP contribution in [0.3, 0.4) is 0 Å². The van der Waals surface area contributed by atoms with E-state index in [1.54, 1.807) is 0 Å². The molecule has 0 spiro atoms. The molecule has 6 heteroatoms. The second-order valence-corrected chi connectivity index (χ2v) is 8.29. The van der Waals surface area contributed by atoms with Gasteiger partial charge < -0.3 is 20.0 Å². The second-order valence-electron chi connectivity index (χ2n) is 8.29. The first-order chi connectivity index (χ1) is 15.9. The van der Waals surface area contributed by atoms with Gasteiger partial charge in [-0.3, -0.25) is 4.79 Å². The average Bonchev–Trinajstić information content (AvgIpc) is 3.14. The number of hydrogen-bond acceptors (Lipinski definition) is 3. The first-order valence-corrected chi connectivity index (χ1v) is 11.3.